The lowest BCUT2D eigenvalue weighted by Crippen LogP contribution is -2.62. The number of amides is 18. The molecule has 0 saturated carbocycles. The first kappa shape index (κ1) is 111. The van der Waals surface area contributed by atoms with Gasteiger partial charge in [-0.15, -0.1) is 0 Å². The fourth-order valence-electron chi connectivity index (χ4n) is 16.4. The standard InChI is InChI=1S/C94H128N22O22S2/c1-6-50(4)78(99)91(134)112-66(41-55-46-101-59-28-16-14-26-57(55)59)85(128)111-69(44-77(120)121)88(131)113-70(47-139)89(132)110-68(43-76(98)119)87(130)105-62(37-49(2)3)81(124)106-63(38-52-21-9-7-10-22-52)82(125)103-60(29-17-18-34-95)79(122)109-67(42-75(97)118)86(129)104-61(32-33-74(96)117)80(123)108-65(40-54-45-100-58-27-15-13-25-56(54)58)84(127)107-64(39-53-23-11-8-12-24-53)83(126)114-71(48-140)93(136)115-35-19-30-72(115)90(133)102-51(5)92(135)116-36-20-31-73(116)94(137)138/h7-16,21-28,45-46,49-51,60-73,78,100-101,139-140H,6,17-20,29-44,47-48,95,99H2,1-5H3,(H2,96,117)(H2,97,118)(H2,98,119)(H,102,133)(H,103,125)(H,104,129)(H,105,130)(H,106,124)(H,107,127)(H,108,123)(H,109,122)(H,110,132)(H,111,128)(H,112,134)(H,113,131)(H,114,126)(H,120,121)(H,137,138)/t50-,51-,60-,61-,62-,63-,64-,65-,66-,67-,68-,69-,70-,71-,72-,73-,78-/m0/s1. The minimum absolute atomic E-state index is 0.0467. The van der Waals surface area contributed by atoms with Gasteiger partial charge in [-0.25, -0.2) is 4.79 Å². The maximum absolute atomic E-state index is 15.3. The molecule has 18 amide bonds. The number of aliphatic carboxylic acids is 2. The van der Waals surface area contributed by atoms with Gasteiger partial charge in [-0.3, -0.25) is 91.1 Å². The molecule has 2 saturated heterocycles. The lowest BCUT2D eigenvalue weighted by Gasteiger charge is -2.31. The Morgan fingerprint density at radius 3 is 1.20 bits per heavy atom. The number of para-hydroxylation sites is 2. The first-order valence-electron chi connectivity index (χ1n) is 46.3. The number of nitrogens with zero attached hydrogens (tertiary/aromatic N) is 2. The summed E-state index contributed by atoms with van der Waals surface area (Å²) in [6.07, 6.45) is -0.479. The third kappa shape index (κ3) is 33.1. The first-order chi connectivity index (χ1) is 66.6. The van der Waals surface area contributed by atoms with Crippen LogP contribution in [0.5, 0.6) is 0 Å². The van der Waals surface area contributed by atoms with E-state index in [2.05, 4.69) is 104 Å². The number of H-pyrrole nitrogens is 2. The number of carbonyl (C=O) groups is 20. The molecular formula is C94H128N22O22S2. The van der Waals surface area contributed by atoms with Crippen molar-refractivity contribution in [3.8, 4) is 0 Å². The second-order valence-corrected chi connectivity index (χ2v) is 36.1. The summed E-state index contributed by atoms with van der Waals surface area (Å²) in [5.41, 5.74) is 32.4. The number of nitrogens with two attached hydrogens (primary N) is 5. The Bertz CT molecular complexity index is 5420. The van der Waals surface area contributed by atoms with Gasteiger partial charge in [-0.2, -0.15) is 25.3 Å². The lowest BCUT2D eigenvalue weighted by atomic mass is 9.98. The number of likely N-dealkylation sites (tertiary alicyclic amines) is 2. The minimum Gasteiger partial charge on any atom is -0.481 e. The van der Waals surface area contributed by atoms with Crippen molar-refractivity contribution in [1.82, 2.24) is 88.9 Å². The fourth-order valence-corrected chi connectivity index (χ4v) is 16.9. The quantitative estimate of drug-likeness (QED) is 0.0136. The predicted octanol–water partition coefficient (Wildman–Crippen LogP) is -2.79. The van der Waals surface area contributed by atoms with Gasteiger partial charge in [-0.05, 0) is 117 Å². The van der Waals surface area contributed by atoms with Gasteiger partial charge in [0.15, 0.2) is 0 Å². The third-order valence-electron chi connectivity index (χ3n) is 24.2. The van der Waals surface area contributed by atoms with Crippen molar-refractivity contribution in [2.24, 2.45) is 40.5 Å². The molecule has 2 fully saturated rings. The normalized spacial score (nSPS) is 16.7. The van der Waals surface area contributed by atoms with E-state index in [0.29, 0.717) is 63.3 Å². The van der Waals surface area contributed by atoms with Crippen molar-refractivity contribution in [2.45, 2.75) is 247 Å². The summed E-state index contributed by atoms with van der Waals surface area (Å²) in [5.74, 6) is -22.8. The molecule has 6 aromatic rings. The van der Waals surface area contributed by atoms with Crippen LogP contribution in [0, 0.1) is 11.8 Å². The summed E-state index contributed by atoms with van der Waals surface area (Å²) >= 11 is 8.65. The molecule has 0 unspecified atom stereocenters. The lowest BCUT2D eigenvalue weighted by molar-refractivity contribution is -0.149. The Balaban J connectivity index is 0.992. The van der Waals surface area contributed by atoms with E-state index < -0.39 is 259 Å². The molecule has 27 N–H and O–H groups in total. The molecular weight excluding hydrogens is 1850 g/mol. The van der Waals surface area contributed by atoms with E-state index in [1.54, 1.807) is 142 Å². The molecule has 0 aliphatic carbocycles. The molecule has 8 rings (SSSR count). The summed E-state index contributed by atoms with van der Waals surface area (Å²) in [5, 5.41) is 54.0. The van der Waals surface area contributed by atoms with Crippen LogP contribution in [0.4, 0.5) is 0 Å². The van der Waals surface area contributed by atoms with Gasteiger partial charge in [0.25, 0.3) is 0 Å². The monoisotopic (exact) mass is 1980 g/mol. The number of hydrogen-bond acceptors (Lipinski definition) is 24. The highest BCUT2D eigenvalue weighted by Gasteiger charge is 2.44. The van der Waals surface area contributed by atoms with E-state index in [1.165, 1.54) is 16.7 Å². The highest BCUT2D eigenvalue weighted by molar-refractivity contribution is 7.80. The Kier molecular flexibility index (Phi) is 43.2. The topological polar surface area (TPSA) is 706 Å². The number of rotatable bonds is 56. The number of carboxylic acid groups (broad SMARTS) is 2. The van der Waals surface area contributed by atoms with Crippen LogP contribution in [-0.4, -0.2) is 276 Å². The number of hydrogen-bond donors (Lipinski definition) is 24. The Morgan fingerprint density at radius 2 is 0.771 bits per heavy atom. The van der Waals surface area contributed by atoms with Crippen molar-refractivity contribution in [1.29, 1.82) is 0 Å². The second kappa shape index (κ2) is 54.4. The average molecular weight is 1980 g/mol. The van der Waals surface area contributed by atoms with E-state index in [0.717, 1.165) is 0 Å². The van der Waals surface area contributed by atoms with Crippen molar-refractivity contribution in [2.75, 3.05) is 31.1 Å². The Morgan fingerprint density at radius 1 is 0.407 bits per heavy atom. The van der Waals surface area contributed by atoms with Crippen molar-refractivity contribution in [3.63, 3.8) is 0 Å². The van der Waals surface area contributed by atoms with Crippen LogP contribution in [-0.2, 0) is 122 Å². The van der Waals surface area contributed by atoms with Gasteiger partial charge in [0, 0.05) is 90.9 Å². The Hall–Kier alpha value is -14.0. The number of carbonyl (C=O) groups excluding carboxylic acids is 18. The molecule has 4 heterocycles. The van der Waals surface area contributed by atoms with Gasteiger partial charge in [-0.1, -0.05) is 131 Å². The molecule has 2 aromatic heterocycles. The average Bonchev–Trinajstić information content (AvgIpc) is 1.68. The second-order valence-electron chi connectivity index (χ2n) is 35.3. The largest absolute Gasteiger partial charge is 0.481 e. The molecule has 2 aliphatic rings. The summed E-state index contributed by atoms with van der Waals surface area (Å²) in [6, 6.07) is 5.44. The van der Waals surface area contributed by atoms with Gasteiger partial charge in [0.2, 0.25) is 106 Å². The molecule has 0 radical (unpaired) electrons. The number of carboxylic acids is 2. The van der Waals surface area contributed by atoms with Crippen LogP contribution in [0.3, 0.4) is 0 Å². The van der Waals surface area contributed by atoms with E-state index in [9.17, 15) is 91.7 Å². The van der Waals surface area contributed by atoms with Gasteiger partial charge in [0.05, 0.1) is 25.3 Å². The zero-order chi connectivity index (χ0) is 103. The van der Waals surface area contributed by atoms with Gasteiger partial charge in [0.1, 0.15) is 90.6 Å². The van der Waals surface area contributed by atoms with Gasteiger partial charge < -0.3 is 128 Å². The SMILES string of the molecule is CC[C@H](C)[C@H](N)C(=O)N[C@@H](Cc1c[nH]c2ccccc12)C(=O)N[C@@H](CC(=O)O)C(=O)N[C@@H](CS)C(=O)N[C@@H](CC(N)=O)C(=O)N[C@@H](CC(C)C)C(=O)N[C@@H](Cc1ccccc1)C(=O)N[C@@H](CCCCN)C(=O)N[C@@H](CC(N)=O)C(=O)N[C@@H](CCC(N)=O)C(=O)N[C@@H](Cc1c[nH]c2ccccc12)C(=O)N[C@@H](Cc1ccccc1)C(=O)N[C@@H](CS)C(=O)N1CCC[C@H]1C(=O)N[C@@H](C)C(=O)N1CCC[C@H]1C(=O)O. The maximum Gasteiger partial charge on any atom is 0.326 e. The number of aromatic nitrogens is 2. The zero-order valence-electron chi connectivity index (χ0n) is 78.4. The van der Waals surface area contributed by atoms with Crippen molar-refractivity contribution in [3.05, 3.63) is 144 Å². The molecule has 46 heteroatoms. The predicted molar refractivity (Wildman–Crippen MR) is 518 cm³/mol. The highest BCUT2D eigenvalue weighted by atomic mass is 32.1. The number of unbranched alkanes of at least 4 members (excludes halogenated alkanes) is 1. The van der Waals surface area contributed by atoms with Crippen molar-refractivity contribution >= 4 is 165 Å². The molecule has 758 valence electrons. The van der Waals surface area contributed by atoms with Crippen LogP contribution in [0.2, 0.25) is 0 Å². The van der Waals surface area contributed by atoms with Crippen LogP contribution in [0.15, 0.2) is 122 Å². The molecule has 140 heavy (non-hydrogen) atoms. The number of aromatic amines is 2. The molecule has 4 aromatic carbocycles. The molecule has 0 spiro atoms. The third-order valence-corrected chi connectivity index (χ3v) is 24.9. The van der Waals surface area contributed by atoms with Crippen LogP contribution >= 0.6 is 25.3 Å². The number of primary amides is 3. The number of thiol groups is 2. The maximum atomic E-state index is 15.3. The molecule has 44 nitrogen and oxygen atoms in total. The summed E-state index contributed by atoms with van der Waals surface area (Å²) < 4.78 is 0. The number of nitrogens with one attached hydrogen (secondary N) is 15. The minimum atomic E-state index is -2.00. The summed E-state index contributed by atoms with van der Waals surface area (Å²) in [4.78, 5) is 289. The van der Waals surface area contributed by atoms with Crippen LogP contribution in [0.25, 0.3) is 21.8 Å². The van der Waals surface area contributed by atoms with E-state index in [4.69, 9.17) is 28.7 Å². The van der Waals surface area contributed by atoms with Gasteiger partial charge >= 0.3 is 11.9 Å². The van der Waals surface area contributed by atoms with E-state index >= 15 is 14.4 Å². The Labute approximate surface area is 818 Å². The van der Waals surface area contributed by atoms with E-state index in [-0.39, 0.29) is 95.5 Å². The van der Waals surface area contributed by atoms with E-state index in [1.807, 2.05) is 6.92 Å². The molecule has 17 atom stereocenters. The zero-order valence-corrected chi connectivity index (χ0v) is 80.2. The summed E-state index contributed by atoms with van der Waals surface area (Å²) in [7, 11) is 0. The molecule has 0 bridgehead atoms. The fraction of sp³-hybridized carbons (Fsp3) is 0.489. The first-order valence-corrected chi connectivity index (χ1v) is 47.6. The van der Waals surface area contributed by atoms with Crippen LogP contribution in [0.1, 0.15) is 147 Å². The molecule has 2 aliphatic heterocycles. The van der Waals surface area contributed by atoms with Crippen molar-refractivity contribution < 1.29 is 106 Å². The summed E-state index contributed by atoms with van der Waals surface area (Å²) in [6.45, 7) is 8.56. The number of benzene rings is 4. The smallest absolute Gasteiger partial charge is 0.326 e. The number of fused-ring (bicyclic) bond motifs is 2. The van der Waals surface area contributed by atoms with Crippen LogP contribution < -0.4 is 97.8 Å². The highest BCUT2D eigenvalue weighted by Crippen LogP contribution is 2.26.